The van der Waals surface area contributed by atoms with E-state index in [-0.39, 0.29) is 17.4 Å². The first-order chi connectivity index (χ1) is 7.64. The van der Waals surface area contributed by atoms with Gasteiger partial charge in [-0.1, -0.05) is 18.2 Å². The predicted molar refractivity (Wildman–Crippen MR) is 67.8 cm³/mol. The fourth-order valence-corrected chi connectivity index (χ4v) is 2.97. The lowest BCUT2D eigenvalue weighted by atomic mass is 10.3. The molecule has 1 aromatic rings. The van der Waals surface area contributed by atoms with Gasteiger partial charge in [0.05, 0.1) is 11.5 Å². The summed E-state index contributed by atoms with van der Waals surface area (Å²) in [5.41, 5.74) is 0.886. The first-order valence-electron chi connectivity index (χ1n) is 5.11. The number of rotatable bonds is 7. The summed E-state index contributed by atoms with van der Waals surface area (Å²) in [6, 6.07) is 10.5. The molecule has 1 N–H and O–H groups in total. The molecule has 5 heteroatoms. The minimum atomic E-state index is -2.97. The van der Waals surface area contributed by atoms with Crippen LogP contribution in [0.2, 0.25) is 0 Å². The summed E-state index contributed by atoms with van der Waals surface area (Å²) in [6.45, 7) is 0.627. The van der Waals surface area contributed by atoms with Crippen LogP contribution in [0.15, 0.2) is 24.3 Å². The maximum atomic E-state index is 11.3. The monoisotopic (exact) mass is 260 g/mol. The molecule has 0 spiro atoms. The molecule has 0 atom stereocenters. The van der Waals surface area contributed by atoms with Crippen molar-refractivity contribution < 1.29 is 8.42 Å². The van der Waals surface area contributed by atoms with Crippen molar-refractivity contribution in [3.05, 3.63) is 30.3 Å². The van der Waals surface area contributed by atoms with Gasteiger partial charge < -0.3 is 5.32 Å². The lowest BCUT2D eigenvalue weighted by Crippen LogP contribution is -2.15. The van der Waals surface area contributed by atoms with Gasteiger partial charge in [-0.05, 0) is 12.5 Å². The van der Waals surface area contributed by atoms with Crippen LogP contribution < -0.4 is 5.32 Å². The van der Waals surface area contributed by atoms with Crippen LogP contribution in [0, 0.1) is 6.07 Å². The summed E-state index contributed by atoms with van der Waals surface area (Å²) in [7, 11) is -2.97. The van der Waals surface area contributed by atoms with Gasteiger partial charge in [-0.15, -0.1) is 11.6 Å². The maximum Gasteiger partial charge on any atom is 0.151 e. The van der Waals surface area contributed by atoms with Crippen LogP contribution in [-0.4, -0.2) is 32.3 Å². The van der Waals surface area contributed by atoms with Crippen LogP contribution in [0.5, 0.6) is 0 Å². The Morgan fingerprint density at radius 3 is 2.75 bits per heavy atom. The fraction of sp³-hybridized carbons (Fsp3) is 0.455. The van der Waals surface area contributed by atoms with Gasteiger partial charge in [0.15, 0.2) is 9.84 Å². The molecule has 0 heterocycles. The Labute approximate surface area is 102 Å². The number of halogens is 1. The summed E-state index contributed by atoms with van der Waals surface area (Å²) in [5.74, 6) is 0.411. The van der Waals surface area contributed by atoms with Crippen molar-refractivity contribution in [2.24, 2.45) is 0 Å². The van der Waals surface area contributed by atoms with E-state index in [1.807, 2.05) is 24.3 Å². The van der Waals surface area contributed by atoms with Crippen molar-refractivity contribution in [2.75, 3.05) is 29.2 Å². The van der Waals surface area contributed by atoms with Crippen molar-refractivity contribution in [1.29, 1.82) is 0 Å². The predicted octanol–water partition coefficient (Wildman–Crippen LogP) is 1.94. The number of hydrogen-bond acceptors (Lipinski definition) is 3. The number of nitrogens with one attached hydrogen (secondary N) is 1. The van der Waals surface area contributed by atoms with Crippen LogP contribution in [-0.2, 0) is 9.84 Å². The average molecular weight is 261 g/mol. The van der Waals surface area contributed by atoms with Crippen molar-refractivity contribution in [1.82, 2.24) is 0 Å². The van der Waals surface area contributed by atoms with Gasteiger partial charge in [0.25, 0.3) is 0 Å². The van der Waals surface area contributed by atoms with E-state index < -0.39 is 9.84 Å². The van der Waals surface area contributed by atoms with E-state index >= 15 is 0 Å². The number of sulfone groups is 1. The zero-order valence-corrected chi connectivity index (χ0v) is 10.5. The first-order valence-corrected chi connectivity index (χ1v) is 7.46. The van der Waals surface area contributed by atoms with Crippen LogP contribution in [0.4, 0.5) is 5.69 Å². The molecule has 0 amide bonds. The van der Waals surface area contributed by atoms with Gasteiger partial charge in [-0.2, -0.15) is 0 Å². The number of para-hydroxylation sites is 1. The SMILES string of the molecule is O=S(=O)(CCCl)CCCNc1[c]cccc1. The molecule has 0 saturated carbocycles. The molecule has 0 aliphatic heterocycles. The highest BCUT2D eigenvalue weighted by molar-refractivity contribution is 7.91. The molecule has 16 heavy (non-hydrogen) atoms. The first kappa shape index (κ1) is 13.3. The molecule has 0 saturated heterocycles. The third-order valence-corrected chi connectivity index (χ3v) is 4.19. The number of alkyl halides is 1. The molecule has 1 radical (unpaired) electrons. The highest BCUT2D eigenvalue weighted by Crippen LogP contribution is 2.04. The summed E-state index contributed by atoms with van der Waals surface area (Å²) in [6.07, 6.45) is 0.585. The topological polar surface area (TPSA) is 46.2 Å². The van der Waals surface area contributed by atoms with Crippen LogP contribution >= 0.6 is 11.6 Å². The van der Waals surface area contributed by atoms with Crippen molar-refractivity contribution in [3.63, 3.8) is 0 Å². The molecule has 89 valence electrons. The highest BCUT2D eigenvalue weighted by atomic mass is 35.5. The Kier molecular flexibility index (Phi) is 5.63. The second-order valence-corrected chi connectivity index (χ2v) is 6.08. The maximum absolute atomic E-state index is 11.3. The average Bonchev–Trinajstić information content (AvgIpc) is 2.26. The minimum absolute atomic E-state index is 0.0615. The molecule has 0 aliphatic rings. The third kappa shape index (κ3) is 5.37. The quantitative estimate of drug-likeness (QED) is 0.602. The highest BCUT2D eigenvalue weighted by Gasteiger charge is 2.08. The summed E-state index contributed by atoms with van der Waals surface area (Å²) < 4.78 is 22.6. The Morgan fingerprint density at radius 2 is 2.12 bits per heavy atom. The Morgan fingerprint density at radius 1 is 1.31 bits per heavy atom. The molecular formula is C11H15ClNO2S. The van der Waals surface area contributed by atoms with Crippen molar-refractivity contribution in [2.45, 2.75) is 6.42 Å². The van der Waals surface area contributed by atoms with E-state index in [0.717, 1.165) is 5.69 Å². The van der Waals surface area contributed by atoms with Gasteiger partial charge >= 0.3 is 0 Å². The molecule has 0 aliphatic carbocycles. The Balaban J connectivity index is 2.22. The zero-order chi connectivity index (χ0) is 11.9. The molecule has 0 bridgehead atoms. The van der Waals surface area contributed by atoms with Crippen molar-refractivity contribution >= 4 is 27.1 Å². The fourth-order valence-electron chi connectivity index (χ4n) is 1.24. The smallest absolute Gasteiger partial charge is 0.151 e. The van der Waals surface area contributed by atoms with Gasteiger partial charge in [0.1, 0.15) is 0 Å². The second-order valence-electron chi connectivity index (χ2n) is 3.40. The lowest BCUT2D eigenvalue weighted by molar-refractivity contribution is 0.595. The van der Waals surface area contributed by atoms with Crippen LogP contribution in [0.3, 0.4) is 0 Å². The van der Waals surface area contributed by atoms with Gasteiger partial charge in [-0.25, -0.2) is 8.42 Å². The normalized spacial score (nSPS) is 11.3. The molecule has 1 aromatic carbocycles. The number of anilines is 1. The van der Waals surface area contributed by atoms with E-state index in [2.05, 4.69) is 11.4 Å². The molecule has 0 unspecified atom stereocenters. The van der Waals surface area contributed by atoms with Crippen LogP contribution in [0.1, 0.15) is 6.42 Å². The van der Waals surface area contributed by atoms with E-state index in [4.69, 9.17) is 11.6 Å². The summed E-state index contributed by atoms with van der Waals surface area (Å²) >= 11 is 5.39. The van der Waals surface area contributed by atoms with Crippen molar-refractivity contribution in [3.8, 4) is 0 Å². The van der Waals surface area contributed by atoms with E-state index in [1.54, 1.807) is 0 Å². The summed E-state index contributed by atoms with van der Waals surface area (Å²) in [4.78, 5) is 0. The standard InChI is InChI=1S/C11H15ClNO2S/c12-7-10-16(14,15)9-4-8-13-11-5-2-1-3-6-11/h1-3,5,13H,4,7-10H2. The Hall–Kier alpha value is -0.740. The van der Waals surface area contributed by atoms with Gasteiger partial charge in [-0.3, -0.25) is 0 Å². The largest absolute Gasteiger partial charge is 0.385 e. The minimum Gasteiger partial charge on any atom is -0.385 e. The van der Waals surface area contributed by atoms with Gasteiger partial charge in [0.2, 0.25) is 0 Å². The molecule has 1 rings (SSSR count). The lowest BCUT2D eigenvalue weighted by Gasteiger charge is -2.05. The molecule has 0 aromatic heterocycles. The molecular weight excluding hydrogens is 246 g/mol. The Bertz CT molecular complexity index is 392. The van der Waals surface area contributed by atoms with E-state index in [0.29, 0.717) is 13.0 Å². The molecule has 3 nitrogen and oxygen atoms in total. The van der Waals surface area contributed by atoms with E-state index in [9.17, 15) is 8.42 Å². The number of hydrogen-bond donors (Lipinski definition) is 1. The van der Waals surface area contributed by atoms with Gasteiger partial charge in [0, 0.05) is 24.2 Å². The summed E-state index contributed by atoms with van der Waals surface area (Å²) in [5, 5.41) is 3.11. The number of benzene rings is 1. The van der Waals surface area contributed by atoms with E-state index in [1.165, 1.54) is 0 Å². The molecule has 0 fully saturated rings. The second kappa shape index (κ2) is 6.76. The zero-order valence-electron chi connectivity index (χ0n) is 8.95. The third-order valence-electron chi connectivity index (χ3n) is 2.04. The van der Waals surface area contributed by atoms with Crippen LogP contribution in [0.25, 0.3) is 0 Å².